The van der Waals surface area contributed by atoms with E-state index >= 15 is 0 Å². The number of rotatable bonds is 8. The van der Waals surface area contributed by atoms with Gasteiger partial charge in [-0.2, -0.15) is 0 Å². The van der Waals surface area contributed by atoms with Crippen LogP contribution in [0.2, 0.25) is 0 Å². The molecule has 0 aliphatic heterocycles. The Hall–Kier alpha value is -0.460. The van der Waals surface area contributed by atoms with E-state index in [9.17, 15) is 0 Å². The van der Waals surface area contributed by atoms with Crippen LogP contribution in [0.5, 0.6) is 0 Å². The van der Waals surface area contributed by atoms with Crippen molar-refractivity contribution in [1.29, 1.82) is 0 Å². The Morgan fingerprint density at radius 2 is 1.77 bits per heavy atom. The molecule has 1 N–H and O–H groups in total. The van der Waals surface area contributed by atoms with Gasteiger partial charge in [-0.25, -0.2) is 0 Å². The molecule has 13 heavy (non-hydrogen) atoms. The zero-order valence-electron chi connectivity index (χ0n) is 9.53. The first-order valence-electron chi connectivity index (χ1n) is 5.61. The zero-order valence-corrected chi connectivity index (χ0v) is 9.53. The smallest absolute Gasteiger partial charge is 0.0143 e. The van der Waals surface area contributed by atoms with Gasteiger partial charge in [-0.3, -0.25) is 0 Å². The highest BCUT2D eigenvalue weighted by molar-refractivity contribution is 4.93. The second-order valence-electron chi connectivity index (χ2n) is 4.02. The van der Waals surface area contributed by atoms with Crippen molar-refractivity contribution >= 4 is 0 Å². The summed E-state index contributed by atoms with van der Waals surface area (Å²) in [4.78, 5) is 0. The molecule has 0 radical (unpaired) electrons. The van der Waals surface area contributed by atoms with E-state index in [4.69, 9.17) is 0 Å². The molecule has 0 aromatic rings. The summed E-state index contributed by atoms with van der Waals surface area (Å²) in [5, 5.41) is 3.36. The average Bonchev–Trinajstić information content (AvgIpc) is 2.10. The quantitative estimate of drug-likeness (QED) is 0.566. The van der Waals surface area contributed by atoms with Crippen molar-refractivity contribution in [2.45, 2.75) is 52.9 Å². The summed E-state index contributed by atoms with van der Waals surface area (Å²) >= 11 is 0. The molecule has 0 bridgehead atoms. The van der Waals surface area contributed by atoms with E-state index in [0.29, 0.717) is 5.92 Å². The molecule has 0 saturated carbocycles. The van der Waals surface area contributed by atoms with Gasteiger partial charge in [0.15, 0.2) is 0 Å². The van der Waals surface area contributed by atoms with Crippen LogP contribution >= 0.6 is 0 Å². The van der Waals surface area contributed by atoms with Crippen LogP contribution in [0.4, 0.5) is 0 Å². The minimum absolute atomic E-state index is 0.565. The van der Waals surface area contributed by atoms with Gasteiger partial charge >= 0.3 is 0 Å². The van der Waals surface area contributed by atoms with Crippen LogP contribution in [0.15, 0.2) is 12.3 Å². The summed E-state index contributed by atoms with van der Waals surface area (Å²) in [6, 6.07) is 0. The van der Waals surface area contributed by atoms with E-state index in [-0.39, 0.29) is 0 Å². The third-order valence-corrected chi connectivity index (χ3v) is 2.33. The number of unbranched alkanes of at least 4 members (excludes halogenated alkanes) is 4. The number of nitrogens with one attached hydrogen (secondary N) is 1. The molecule has 0 heterocycles. The SMILES string of the molecule is C=C(NCCCCCCC)C(C)C. The van der Waals surface area contributed by atoms with Gasteiger partial charge < -0.3 is 5.32 Å². The minimum Gasteiger partial charge on any atom is -0.389 e. The van der Waals surface area contributed by atoms with E-state index in [1.54, 1.807) is 0 Å². The molecule has 0 saturated heterocycles. The van der Waals surface area contributed by atoms with Crippen molar-refractivity contribution in [1.82, 2.24) is 5.32 Å². The Morgan fingerprint density at radius 3 is 2.31 bits per heavy atom. The fourth-order valence-corrected chi connectivity index (χ4v) is 1.18. The summed E-state index contributed by atoms with van der Waals surface area (Å²) in [5.74, 6) is 0.565. The molecule has 1 heteroatoms. The summed E-state index contributed by atoms with van der Waals surface area (Å²) in [6.45, 7) is 11.7. The molecule has 0 aromatic heterocycles. The Balaban J connectivity index is 3.12. The van der Waals surface area contributed by atoms with Gasteiger partial charge in [-0.05, 0) is 12.3 Å². The number of hydrogen-bond donors (Lipinski definition) is 1. The fraction of sp³-hybridized carbons (Fsp3) is 0.833. The maximum atomic E-state index is 3.98. The van der Waals surface area contributed by atoms with E-state index in [0.717, 1.165) is 6.54 Å². The van der Waals surface area contributed by atoms with Gasteiger partial charge in [0.25, 0.3) is 0 Å². The van der Waals surface area contributed by atoms with Crippen LogP contribution in [0.3, 0.4) is 0 Å². The lowest BCUT2D eigenvalue weighted by Gasteiger charge is -2.12. The normalized spacial score (nSPS) is 10.5. The molecule has 78 valence electrons. The summed E-state index contributed by atoms with van der Waals surface area (Å²) in [7, 11) is 0. The third-order valence-electron chi connectivity index (χ3n) is 2.33. The first-order chi connectivity index (χ1) is 6.18. The highest BCUT2D eigenvalue weighted by Crippen LogP contribution is 2.04. The predicted octanol–water partition coefficient (Wildman–Crippen LogP) is 3.72. The molecule has 0 spiro atoms. The Morgan fingerprint density at radius 1 is 1.15 bits per heavy atom. The monoisotopic (exact) mass is 183 g/mol. The maximum absolute atomic E-state index is 3.98. The zero-order chi connectivity index (χ0) is 10.1. The summed E-state index contributed by atoms with van der Waals surface area (Å²) in [5.41, 5.74) is 1.18. The van der Waals surface area contributed by atoms with E-state index in [2.05, 4.69) is 32.7 Å². The van der Waals surface area contributed by atoms with Crippen molar-refractivity contribution in [2.75, 3.05) is 6.54 Å². The Bertz CT molecular complexity index is 127. The van der Waals surface area contributed by atoms with Gasteiger partial charge in [0.2, 0.25) is 0 Å². The van der Waals surface area contributed by atoms with Crippen LogP contribution in [-0.4, -0.2) is 6.54 Å². The maximum Gasteiger partial charge on any atom is 0.0143 e. The van der Waals surface area contributed by atoms with Crippen LogP contribution in [0, 0.1) is 5.92 Å². The lowest BCUT2D eigenvalue weighted by Crippen LogP contribution is -2.17. The topological polar surface area (TPSA) is 12.0 Å². The van der Waals surface area contributed by atoms with E-state index in [1.165, 1.54) is 37.8 Å². The number of allylic oxidation sites excluding steroid dienone is 1. The van der Waals surface area contributed by atoms with Gasteiger partial charge in [0.05, 0.1) is 0 Å². The van der Waals surface area contributed by atoms with Crippen molar-refractivity contribution in [3.8, 4) is 0 Å². The van der Waals surface area contributed by atoms with E-state index < -0.39 is 0 Å². The Kier molecular flexibility index (Phi) is 7.86. The predicted molar refractivity (Wildman–Crippen MR) is 60.7 cm³/mol. The minimum atomic E-state index is 0.565. The van der Waals surface area contributed by atoms with E-state index in [1.807, 2.05) is 0 Å². The lowest BCUT2D eigenvalue weighted by molar-refractivity contribution is 0.586. The highest BCUT2D eigenvalue weighted by atomic mass is 14.9. The van der Waals surface area contributed by atoms with Gasteiger partial charge in [0, 0.05) is 12.2 Å². The van der Waals surface area contributed by atoms with Crippen LogP contribution < -0.4 is 5.32 Å². The molecular formula is C12H25N. The lowest BCUT2D eigenvalue weighted by atomic mass is 10.1. The van der Waals surface area contributed by atoms with Crippen LogP contribution in [0.25, 0.3) is 0 Å². The average molecular weight is 183 g/mol. The van der Waals surface area contributed by atoms with Crippen molar-refractivity contribution < 1.29 is 0 Å². The number of hydrogen-bond acceptors (Lipinski definition) is 1. The molecule has 0 aliphatic carbocycles. The van der Waals surface area contributed by atoms with Crippen molar-refractivity contribution in [2.24, 2.45) is 5.92 Å². The largest absolute Gasteiger partial charge is 0.389 e. The van der Waals surface area contributed by atoms with Crippen LogP contribution in [-0.2, 0) is 0 Å². The summed E-state index contributed by atoms with van der Waals surface area (Å²) in [6.07, 6.45) is 6.72. The molecule has 0 aliphatic rings. The molecule has 0 atom stereocenters. The molecule has 0 aromatic carbocycles. The second kappa shape index (κ2) is 8.15. The molecular weight excluding hydrogens is 158 g/mol. The molecule has 0 rings (SSSR count). The molecule has 0 amide bonds. The molecule has 0 fully saturated rings. The molecule has 1 nitrogen and oxygen atoms in total. The second-order valence-corrected chi connectivity index (χ2v) is 4.02. The van der Waals surface area contributed by atoms with Gasteiger partial charge in [0.1, 0.15) is 0 Å². The van der Waals surface area contributed by atoms with Crippen molar-refractivity contribution in [3.63, 3.8) is 0 Å². The highest BCUT2D eigenvalue weighted by Gasteiger charge is 1.97. The van der Waals surface area contributed by atoms with Gasteiger partial charge in [-0.15, -0.1) is 0 Å². The first kappa shape index (κ1) is 12.5. The summed E-state index contributed by atoms with van der Waals surface area (Å²) < 4.78 is 0. The fourth-order valence-electron chi connectivity index (χ4n) is 1.18. The Labute approximate surface area is 83.6 Å². The van der Waals surface area contributed by atoms with Crippen LogP contribution in [0.1, 0.15) is 52.9 Å². The molecule has 0 unspecified atom stereocenters. The standard InChI is InChI=1S/C12H25N/c1-5-6-7-8-9-10-13-12(4)11(2)3/h11,13H,4-10H2,1-3H3. The first-order valence-corrected chi connectivity index (χ1v) is 5.61. The third kappa shape index (κ3) is 7.89. The van der Waals surface area contributed by atoms with Gasteiger partial charge in [-0.1, -0.05) is 53.0 Å². The van der Waals surface area contributed by atoms with Crippen molar-refractivity contribution in [3.05, 3.63) is 12.3 Å².